The van der Waals surface area contributed by atoms with E-state index < -0.39 is 0 Å². The molecule has 1 aliphatic carbocycles. The predicted octanol–water partition coefficient (Wildman–Crippen LogP) is 3.57. The number of aryl methyl sites for hydroxylation is 1. The zero-order valence-electron chi connectivity index (χ0n) is 12.2. The molecule has 1 saturated carbocycles. The number of ether oxygens (including phenoxy) is 1. The fourth-order valence-corrected chi connectivity index (χ4v) is 3.37. The van der Waals surface area contributed by atoms with Gasteiger partial charge >= 0.3 is 0 Å². The number of aliphatic hydroxyl groups excluding tert-OH is 1. The molecule has 1 fully saturated rings. The Hall–Kier alpha value is -1.98. The van der Waals surface area contributed by atoms with E-state index in [0.29, 0.717) is 12.8 Å². The van der Waals surface area contributed by atoms with Gasteiger partial charge in [0.15, 0.2) is 0 Å². The molecule has 0 atom stereocenters. The summed E-state index contributed by atoms with van der Waals surface area (Å²) >= 11 is 1.62. The van der Waals surface area contributed by atoms with E-state index in [1.54, 1.807) is 11.3 Å². The van der Waals surface area contributed by atoms with Crippen LogP contribution in [0, 0.1) is 6.92 Å². The second-order valence-electron chi connectivity index (χ2n) is 5.71. The number of aliphatic hydroxyl groups is 1. The van der Waals surface area contributed by atoms with Crippen molar-refractivity contribution in [1.82, 2.24) is 9.97 Å². The third-order valence-corrected chi connectivity index (χ3v) is 4.92. The number of hydrogen-bond donors (Lipinski definition) is 1. The molecule has 2 heterocycles. The van der Waals surface area contributed by atoms with Gasteiger partial charge in [0, 0.05) is 36.0 Å². The molecule has 1 aromatic carbocycles. The standard InChI is InChI=1S/C17H16N2O2S/c1-10-17(21-14-5-13(20)6-14)15-4-11(16-8-18-9-22-16)2-3-12(15)7-19-10/h2-4,7-9,13-14,20H,5-6H2,1H3/t13-,14-. The van der Waals surface area contributed by atoms with E-state index in [-0.39, 0.29) is 12.2 Å². The number of fused-ring (bicyclic) bond motifs is 1. The van der Waals surface area contributed by atoms with Crippen molar-refractivity contribution in [1.29, 1.82) is 0 Å². The van der Waals surface area contributed by atoms with Crippen LogP contribution in [0.5, 0.6) is 5.75 Å². The van der Waals surface area contributed by atoms with Crippen molar-refractivity contribution < 1.29 is 9.84 Å². The monoisotopic (exact) mass is 312 g/mol. The van der Waals surface area contributed by atoms with E-state index in [1.807, 2.05) is 24.8 Å². The highest BCUT2D eigenvalue weighted by atomic mass is 32.1. The van der Waals surface area contributed by atoms with Crippen LogP contribution >= 0.6 is 11.3 Å². The summed E-state index contributed by atoms with van der Waals surface area (Å²) in [6, 6.07) is 6.30. The largest absolute Gasteiger partial charge is 0.488 e. The van der Waals surface area contributed by atoms with Crippen molar-refractivity contribution in [2.24, 2.45) is 0 Å². The van der Waals surface area contributed by atoms with Gasteiger partial charge in [0.2, 0.25) is 0 Å². The maximum atomic E-state index is 9.45. The van der Waals surface area contributed by atoms with Crippen molar-refractivity contribution in [3.8, 4) is 16.2 Å². The average Bonchev–Trinajstić information content (AvgIpc) is 3.02. The fourth-order valence-electron chi connectivity index (χ4n) is 2.75. The van der Waals surface area contributed by atoms with E-state index in [9.17, 15) is 5.11 Å². The summed E-state index contributed by atoms with van der Waals surface area (Å²) < 4.78 is 6.10. The molecule has 4 rings (SSSR count). The van der Waals surface area contributed by atoms with Crippen molar-refractivity contribution in [2.45, 2.75) is 32.0 Å². The average molecular weight is 312 g/mol. The first-order valence-corrected chi connectivity index (χ1v) is 8.21. The molecule has 0 saturated heterocycles. The Balaban J connectivity index is 1.79. The molecule has 22 heavy (non-hydrogen) atoms. The minimum Gasteiger partial charge on any atom is -0.488 e. The molecular formula is C17H16N2O2S. The summed E-state index contributed by atoms with van der Waals surface area (Å²) in [4.78, 5) is 9.72. The van der Waals surface area contributed by atoms with E-state index in [0.717, 1.165) is 32.7 Å². The SMILES string of the molecule is Cc1ncc2ccc(-c3cncs3)cc2c1O[C@H]1C[C@H](O)C1. The number of aromatic nitrogens is 2. The van der Waals surface area contributed by atoms with Crippen molar-refractivity contribution >= 4 is 22.1 Å². The lowest BCUT2D eigenvalue weighted by Gasteiger charge is -2.32. The summed E-state index contributed by atoms with van der Waals surface area (Å²) in [6.07, 6.45) is 5.02. The molecule has 1 aliphatic rings. The smallest absolute Gasteiger partial charge is 0.148 e. The summed E-state index contributed by atoms with van der Waals surface area (Å²) in [6.45, 7) is 1.96. The third kappa shape index (κ3) is 2.36. The van der Waals surface area contributed by atoms with Crippen LogP contribution in [0.1, 0.15) is 18.5 Å². The van der Waals surface area contributed by atoms with Crippen LogP contribution in [0.4, 0.5) is 0 Å². The topological polar surface area (TPSA) is 55.2 Å². The summed E-state index contributed by atoms with van der Waals surface area (Å²) in [7, 11) is 0. The molecule has 0 radical (unpaired) electrons. The summed E-state index contributed by atoms with van der Waals surface area (Å²) in [5, 5.41) is 11.6. The van der Waals surface area contributed by atoms with Gasteiger partial charge in [-0.3, -0.25) is 9.97 Å². The molecule has 4 nitrogen and oxygen atoms in total. The predicted molar refractivity (Wildman–Crippen MR) is 87.2 cm³/mol. The van der Waals surface area contributed by atoms with Crippen LogP contribution in [-0.2, 0) is 0 Å². The summed E-state index contributed by atoms with van der Waals surface area (Å²) in [5.74, 6) is 0.834. The number of pyridine rings is 1. The van der Waals surface area contributed by atoms with Gasteiger partial charge in [-0.15, -0.1) is 11.3 Å². The third-order valence-electron chi connectivity index (χ3n) is 4.10. The molecular weight excluding hydrogens is 296 g/mol. The lowest BCUT2D eigenvalue weighted by Crippen LogP contribution is -2.37. The maximum Gasteiger partial charge on any atom is 0.148 e. The number of nitrogens with zero attached hydrogens (tertiary/aromatic N) is 2. The minimum atomic E-state index is -0.221. The Kier molecular flexibility index (Phi) is 3.32. The van der Waals surface area contributed by atoms with Gasteiger partial charge in [0.1, 0.15) is 11.9 Å². The van der Waals surface area contributed by atoms with Gasteiger partial charge in [0.05, 0.1) is 22.2 Å². The number of benzene rings is 1. The molecule has 0 spiro atoms. The molecule has 3 aromatic rings. The van der Waals surface area contributed by atoms with Crippen LogP contribution in [0.15, 0.2) is 36.1 Å². The Morgan fingerprint density at radius 2 is 2.14 bits per heavy atom. The number of rotatable bonds is 3. The first-order chi connectivity index (χ1) is 10.7. The quantitative estimate of drug-likeness (QED) is 0.803. The van der Waals surface area contributed by atoms with E-state index in [1.165, 1.54) is 0 Å². The highest BCUT2D eigenvalue weighted by Gasteiger charge is 2.30. The van der Waals surface area contributed by atoms with E-state index >= 15 is 0 Å². The highest BCUT2D eigenvalue weighted by molar-refractivity contribution is 7.13. The van der Waals surface area contributed by atoms with Crippen molar-refractivity contribution in [3.05, 3.63) is 41.8 Å². The van der Waals surface area contributed by atoms with Crippen molar-refractivity contribution in [3.63, 3.8) is 0 Å². The number of thiazole rings is 1. The second-order valence-corrected chi connectivity index (χ2v) is 6.59. The van der Waals surface area contributed by atoms with Crippen LogP contribution in [0.2, 0.25) is 0 Å². The first-order valence-electron chi connectivity index (χ1n) is 7.33. The molecule has 0 aliphatic heterocycles. The van der Waals surface area contributed by atoms with Gasteiger partial charge in [-0.05, 0) is 18.6 Å². The Morgan fingerprint density at radius 1 is 1.27 bits per heavy atom. The van der Waals surface area contributed by atoms with Crippen LogP contribution in [-0.4, -0.2) is 27.3 Å². The lowest BCUT2D eigenvalue weighted by molar-refractivity contribution is -0.0105. The van der Waals surface area contributed by atoms with Crippen LogP contribution < -0.4 is 4.74 Å². The highest BCUT2D eigenvalue weighted by Crippen LogP contribution is 2.35. The van der Waals surface area contributed by atoms with Crippen LogP contribution in [0.25, 0.3) is 21.2 Å². The Labute approximate surface area is 132 Å². The fraction of sp³-hybridized carbons (Fsp3) is 0.294. The zero-order chi connectivity index (χ0) is 15.1. The molecule has 1 N–H and O–H groups in total. The normalized spacial score (nSPS) is 20.8. The molecule has 0 amide bonds. The minimum absolute atomic E-state index is 0.0909. The van der Waals surface area contributed by atoms with Gasteiger partial charge in [-0.25, -0.2) is 0 Å². The van der Waals surface area contributed by atoms with Crippen molar-refractivity contribution in [2.75, 3.05) is 0 Å². The molecule has 0 bridgehead atoms. The number of hydrogen-bond acceptors (Lipinski definition) is 5. The van der Waals surface area contributed by atoms with E-state index in [4.69, 9.17) is 4.74 Å². The first kappa shape index (κ1) is 13.7. The van der Waals surface area contributed by atoms with Gasteiger partial charge in [-0.2, -0.15) is 0 Å². The maximum absolute atomic E-state index is 9.45. The zero-order valence-corrected chi connectivity index (χ0v) is 13.0. The molecule has 0 unspecified atom stereocenters. The molecule has 5 heteroatoms. The summed E-state index contributed by atoms with van der Waals surface area (Å²) in [5.41, 5.74) is 3.86. The molecule has 2 aromatic heterocycles. The van der Waals surface area contributed by atoms with Gasteiger partial charge in [0.25, 0.3) is 0 Å². The Morgan fingerprint density at radius 3 is 2.86 bits per heavy atom. The Bertz CT molecular complexity index is 811. The second kappa shape index (κ2) is 5.34. The van der Waals surface area contributed by atoms with Crippen LogP contribution in [0.3, 0.4) is 0 Å². The lowest BCUT2D eigenvalue weighted by atomic mass is 9.92. The van der Waals surface area contributed by atoms with E-state index in [2.05, 4.69) is 28.2 Å². The van der Waals surface area contributed by atoms with Gasteiger partial charge < -0.3 is 9.84 Å². The molecule has 112 valence electrons. The van der Waals surface area contributed by atoms with Gasteiger partial charge in [-0.1, -0.05) is 12.1 Å².